The first-order chi connectivity index (χ1) is 20.8. The van der Waals surface area contributed by atoms with E-state index in [1.807, 2.05) is 19.1 Å². The number of hydrogen-bond acceptors (Lipinski definition) is 12. The Morgan fingerprint density at radius 1 is 1.05 bits per heavy atom. The molecule has 4 fully saturated rings. The van der Waals surface area contributed by atoms with E-state index in [0.717, 1.165) is 6.29 Å². The number of aldehydes is 1. The number of fused-ring (bicyclic) bond motifs is 5. The summed E-state index contributed by atoms with van der Waals surface area (Å²) in [5, 5.41) is 54.1. The minimum Gasteiger partial charge on any atom is -0.454 e. The van der Waals surface area contributed by atoms with Gasteiger partial charge >= 0.3 is 11.6 Å². The van der Waals surface area contributed by atoms with Crippen molar-refractivity contribution in [2.24, 2.45) is 22.7 Å². The molecule has 6 rings (SSSR count). The van der Waals surface area contributed by atoms with Crippen LogP contribution >= 0.6 is 0 Å². The van der Waals surface area contributed by atoms with Crippen molar-refractivity contribution in [1.82, 2.24) is 0 Å². The fourth-order valence-electron chi connectivity index (χ4n) is 9.81. The fourth-order valence-corrected chi connectivity index (χ4v) is 9.81. The molecule has 0 spiro atoms. The van der Waals surface area contributed by atoms with Gasteiger partial charge in [0.25, 0.3) is 0 Å². The van der Waals surface area contributed by atoms with Crippen molar-refractivity contribution in [3.05, 3.63) is 46.5 Å². The van der Waals surface area contributed by atoms with Crippen LogP contribution < -0.4 is 5.63 Å². The quantitative estimate of drug-likeness (QED) is 0.131. The number of hydrogen-bond donors (Lipinski definition) is 5. The average molecular weight is 619 g/mol. The molecule has 12 atom stereocenters. The zero-order valence-electron chi connectivity index (χ0n) is 25.0. The molecule has 12 nitrogen and oxygen atoms in total. The first-order valence-corrected chi connectivity index (χ1v) is 15.5. The van der Waals surface area contributed by atoms with Crippen LogP contribution in [0.1, 0.15) is 70.8 Å². The van der Waals surface area contributed by atoms with Crippen molar-refractivity contribution >= 4 is 12.3 Å². The van der Waals surface area contributed by atoms with Gasteiger partial charge in [0.2, 0.25) is 0 Å². The van der Waals surface area contributed by atoms with Crippen LogP contribution in [0.25, 0.3) is 0 Å². The molecule has 5 N–H and O–H groups in total. The number of aliphatic hydroxyl groups is 5. The molecule has 44 heavy (non-hydrogen) atoms. The Morgan fingerprint density at radius 3 is 2.45 bits per heavy atom. The molecule has 5 aliphatic rings. The van der Waals surface area contributed by atoms with Gasteiger partial charge in [0, 0.05) is 24.0 Å². The summed E-state index contributed by atoms with van der Waals surface area (Å²) in [5.74, 6) is -1.28. The highest BCUT2D eigenvalue weighted by molar-refractivity contribution is 5.67. The highest BCUT2D eigenvalue weighted by atomic mass is 16.7. The molecule has 1 aromatic heterocycles. The molecule has 1 aliphatic heterocycles. The highest BCUT2D eigenvalue weighted by Gasteiger charge is 2.76. The van der Waals surface area contributed by atoms with Crippen molar-refractivity contribution in [1.29, 1.82) is 0 Å². The molecule has 3 saturated carbocycles. The van der Waals surface area contributed by atoms with E-state index in [4.69, 9.17) is 18.6 Å². The second-order valence-corrected chi connectivity index (χ2v) is 13.6. The van der Waals surface area contributed by atoms with E-state index in [9.17, 15) is 39.9 Å². The van der Waals surface area contributed by atoms with Gasteiger partial charge in [-0.05, 0) is 69.3 Å². The highest BCUT2D eigenvalue weighted by Crippen LogP contribution is 2.73. The lowest BCUT2D eigenvalue weighted by molar-refractivity contribution is -0.345. The summed E-state index contributed by atoms with van der Waals surface area (Å²) in [7, 11) is 0. The molecule has 4 aliphatic carbocycles. The number of carbonyl (C=O) groups is 2. The zero-order valence-corrected chi connectivity index (χ0v) is 25.0. The van der Waals surface area contributed by atoms with E-state index >= 15 is 0 Å². The topological polar surface area (TPSA) is 193 Å². The Hall–Kier alpha value is -2.45. The van der Waals surface area contributed by atoms with Crippen molar-refractivity contribution in [3.8, 4) is 0 Å². The van der Waals surface area contributed by atoms with E-state index in [2.05, 4.69) is 0 Å². The molecular formula is C32H42O12. The van der Waals surface area contributed by atoms with Gasteiger partial charge in [-0.2, -0.15) is 0 Å². The van der Waals surface area contributed by atoms with Crippen LogP contribution in [0.3, 0.4) is 0 Å². The first kappa shape index (κ1) is 31.5. The molecule has 0 radical (unpaired) electrons. The van der Waals surface area contributed by atoms with E-state index < -0.39 is 82.5 Å². The van der Waals surface area contributed by atoms with Gasteiger partial charge in [0.05, 0.1) is 17.6 Å². The molecule has 2 heterocycles. The third kappa shape index (κ3) is 4.11. The average Bonchev–Trinajstić information content (AvgIpc) is 3.24. The predicted molar refractivity (Wildman–Crippen MR) is 151 cm³/mol. The Balaban J connectivity index is 1.39. The molecule has 1 aromatic rings. The lowest BCUT2D eigenvalue weighted by Gasteiger charge is -2.65. The Kier molecular flexibility index (Phi) is 7.76. The van der Waals surface area contributed by atoms with Crippen molar-refractivity contribution < 1.29 is 53.7 Å². The molecule has 0 bridgehead atoms. The molecule has 242 valence electrons. The maximum atomic E-state index is 13.4. The van der Waals surface area contributed by atoms with Crippen LogP contribution in [-0.2, 0) is 29.4 Å². The predicted octanol–water partition coefficient (Wildman–Crippen LogP) is 0.840. The molecule has 12 heteroatoms. The molecule has 0 aromatic carbocycles. The summed E-state index contributed by atoms with van der Waals surface area (Å²) in [6.45, 7) is 2.61. The normalized spacial score (nSPS) is 48.1. The number of esters is 1. The number of ether oxygens (including phenoxy) is 3. The summed E-state index contributed by atoms with van der Waals surface area (Å²) < 4.78 is 23.5. The summed E-state index contributed by atoms with van der Waals surface area (Å²) in [5.41, 5.74) is -6.06. The summed E-state index contributed by atoms with van der Waals surface area (Å²) in [6, 6.07) is 2.85. The Bertz CT molecular complexity index is 1350. The smallest absolute Gasteiger partial charge is 0.335 e. The lowest BCUT2D eigenvalue weighted by atomic mass is 9.42. The number of allylic oxidation sites excluding steroid dienone is 1. The standard InChI is InChI=1S/C32H42O12/c1-18(35)43-32(19-5-6-23(36)41-16-19)14-13-31(40)21-8-12-30(44-27-26(39)25(38)24(37)22(15-33)42-27)10-4-3-9-29(30,17-34)20(21)7-11-28(31,32)2/h4-6,10,16-17,20-22,24-27,33,37-40H,3,7-9,11-15H2,1-2H3/t20-,21-,22-,24-,25-,26-,27+,28-,29+,30-,31-,32+/m0/s1. The number of aliphatic hydroxyl groups excluding tert-OH is 4. The first-order valence-electron chi connectivity index (χ1n) is 15.5. The van der Waals surface area contributed by atoms with Crippen LogP contribution in [-0.4, -0.2) is 86.3 Å². The summed E-state index contributed by atoms with van der Waals surface area (Å²) in [4.78, 5) is 37.7. The number of carbonyl (C=O) groups excluding carboxylic acids is 2. The van der Waals surface area contributed by atoms with Crippen molar-refractivity contribution in [3.63, 3.8) is 0 Å². The molecule has 0 unspecified atom stereocenters. The minimum absolute atomic E-state index is 0.275. The van der Waals surface area contributed by atoms with Crippen LogP contribution in [0, 0.1) is 22.7 Å². The lowest BCUT2D eigenvalue weighted by Crippen LogP contribution is -2.70. The zero-order chi connectivity index (χ0) is 31.7. The van der Waals surface area contributed by atoms with Gasteiger partial charge in [-0.3, -0.25) is 4.79 Å². The van der Waals surface area contributed by atoms with Gasteiger partial charge in [-0.1, -0.05) is 19.1 Å². The molecule has 0 amide bonds. The minimum atomic E-state index is -1.64. The second kappa shape index (κ2) is 10.8. The van der Waals surface area contributed by atoms with Gasteiger partial charge < -0.3 is 49.0 Å². The molecular weight excluding hydrogens is 576 g/mol. The van der Waals surface area contributed by atoms with E-state index in [0.29, 0.717) is 37.7 Å². The van der Waals surface area contributed by atoms with Crippen LogP contribution in [0.4, 0.5) is 0 Å². The number of rotatable bonds is 6. The summed E-state index contributed by atoms with van der Waals surface area (Å²) in [6.07, 6.45) is 1.64. The Morgan fingerprint density at radius 2 is 1.80 bits per heavy atom. The Labute approximate surface area is 254 Å². The van der Waals surface area contributed by atoms with E-state index in [1.54, 1.807) is 6.07 Å². The van der Waals surface area contributed by atoms with Crippen LogP contribution in [0.5, 0.6) is 0 Å². The van der Waals surface area contributed by atoms with E-state index in [-0.39, 0.29) is 25.2 Å². The second-order valence-electron chi connectivity index (χ2n) is 13.6. The van der Waals surface area contributed by atoms with Gasteiger partial charge in [-0.25, -0.2) is 4.79 Å². The maximum Gasteiger partial charge on any atom is 0.335 e. The van der Waals surface area contributed by atoms with Gasteiger partial charge in [0.1, 0.15) is 48.2 Å². The van der Waals surface area contributed by atoms with Crippen LogP contribution in [0.15, 0.2) is 39.8 Å². The monoisotopic (exact) mass is 618 g/mol. The van der Waals surface area contributed by atoms with Crippen molar-refractivity contribution in [2.45, 2.75) is 113 Å². The third-order valence-corrected chi connectivity index (χ3v) is 12.0. The van der Waals surface area contributed by atoms with Crippen molar-refractivity contribution in [2.75, 3.05) is 6.61 Å². The van der Waals surface area contributed by atoms with Crippen LogP contribution in [0.2, 0.25) is 0 Å². The summed E-state index contributed by atoms with van der Waals surface area (Å²) >= 11 is 0. The van der Waals surface area contributed by atoms with E-state index in [1.165, 1.54) is 19.3 Å². The SMILES string of the molecule is CC(=O)O[C@@]1(c2ccc(=O)oc2)CC[C@]2(O)[C@H]3CC[C@@]4(O[C@H]5O[C@@H](CO)[C@H](O)[C@H](O)[C@@H]5O)C=CCC[C@@]4(C=O)[C@H]3CC[C@]12C. The van der Waals surface area contributed by atoms with Gasteiger partial charge in [-0.15, -0.1) is 0 Å². The largest absolute Gasteiger partial charge is 0.454 e. The third-order valence-electron chi connectivity index (χ3n) is 12.0. The molecule has 1 saturated heterocycles. The maximum absolute atomic E-state index is 13.4. The fraction of sp³-hybridized carbons (Fsp3) is 0.719. The van der Waals surface area contributed by atoms with Gasteiger partial charge in [0.15, 0.2) is 6.29 Å².